The fourth-order valence-electron chi connectivity index (χ4n) is 1.84. The van der Waals surface area contributed by atoms with Gasteiger partial charge in [0.1, 0.15) is 5.82 Å². The number of halogens is 2. The Labute approximate surface area is 107 Å². The molecular formula is C9H8Cl2N6. The minimum absolute atomic E-state index is 0.0957. The van der Waals surface area contributed by atoms with E-state index in [9.17, 15) is 0 Å². The van der Waals surface area contributed by atoms with Crippen LogP contribution in [0.25, 0.3) is 0 Å². The predicted octanol–water partition coefficient (Wildman–Crippen LogP) is 1.40. The Balaban J connectivity index is 1.94. The fraction of sp³-hybridized carbons (Fsp3) is 0.333. The second-order valence-electron chi connectivity index (χ2n) is 3.65. The van der Waals surface area contributed by atoms with Crippen LogP contribution in [0.3, 0.4) is 0 Å². The molecular weight excluding hydrogens is 263 g/mol. The van der Waals surface area contributed by atoms with Crippen molar-refractivity contribution in [2.24, 2.45) is 0 Å². The van der Waals surface area contributed by atoms with Gasteiger partial charge >= 0.3 is 0 Å². The standard InChI is InChI=1S/C9H8Cl2N6/c10-7-8(13-9(11)15-14-7)17-4-3-16-2-1-12-6(16)5-17/h1-2H,3-5H2. The number of nitrogens with zero attached hydrogens (tertiary/aromatic N) is 6. The van der Waals surface area contributed by atoms with Crippen molar-refractivity contribution >= 4 is 29.0 Å². The van der Waals surface area contributed by atoms with Gasteiger partial charge in [-0.15, -0.1) is 10.2 Å². The smallest absolute Gasteiger partial charge is 0.245 e. The number of hydrogen-bond donors (Lipinski definition) is 0. The molecule has 0 amide bonds. The van der Waals surface area contributed by atoms with Gasteiger partial charge in [0.2, 0.25) is 5.28 Å². The van der Waals surface area contributed by atoms with E-state index in [0.29, 0.717) is 12.4 Å². The molecule has 0 atom stereocenters. The maximum atomic E-state index is 5.97. The Hall–Kier alpha value is -1.40. The zero-order valence-electron chi connectivity index (χ0n) is 8.72. The molecule has 0 saturated carbocycles. The lowest BCUT2D eigenvalue weighted by Crippen LogP contribution is -2.34. The topological polar surface area (TPSA) is 59.7 Å². The van der Waals surface area contributed by atoms with Crippen LogP contribution in [0.1, 0.15) is 5.82 Å². The fourth-order valence-corrected chi connectivity index (χ4v) is 2.16. The summed E-state index contributed by atoms with van der Waals surface area (Å²) >= 11 is 11.7. The van der Waals surface area contributed by atoms with Crippen molar-refractivity contribution in [2.45, 2.75) is 13.1 Å². The molecule has 1 aliphatic rings. The monoisotopic (exact) mass is 270 g/mol. The second kappa shape index (κ2) is 4.12. The van der Waals surface area contributed by atoms with Crippen molar-refractivity contribution < 1.29 is 0 Å². The first-order valence-electron chi connectivity index (χ1n) is 5.05. The molecule has 88 valence electrons. The summed E-state index contributed by atoms with van der Waals surface area (Å²) in [5.74, 6) is 1.53. The molecule has 0 bridgehead atoms. The Bertz CT molecular complexity index is 554. The number of imidazole rings is 1. The van der Waals surface area contributed by atoms with Gasteiger partial charge in [-0.1, -0.05) is 11.6 Å². The van der Waals surface area contributed by atoms with E-state index in [4.69, 9.17) is 23.2 Å². The second-order valence-corrected chi connectivity index (χ2v) is 4.35. The Morgan fingerprint density at radius 1 is 1.18 bits per heavy atom. The molecule has 0 spiro atoms. The SMILES string of the molecule is Clc1nnc(Cl)c(N2CCn3ccnc3C2)n1. The van der Waals surface area contributed by atoms with Crippen molar-refractivity contribution in [1.29, 1.82) is 0 Å². The lowest BCUT2D eigenvalue weighted by molar-refractivity contribution is 0.554. The highest BCUT2D eigenvalue weighted by Gasteiger charge is 2.21. The minimum atomic E-state index is 0.0957. The third-order valence-electron chi connectivity index (χ3n) is 2.65. The lowest BCUT2D eigenvalue weighted by Gasteiger charge is -2.28. The van der Waals surface area contributed by atoms with E-state index in [1.165, 1.54) is 0 Å². The van der Waals surface area contributed by atoms with Gasteiger partial charge in [0.05, 0.1) is 6.54 Å². The van der Waals surface area contributed by atoms with Gasteiger partial charge in [0, 0.05) is 25.5 Å². The number of hydrogen-bond acceptors (Lipinski definition) is 5. The van der Waals surface area contributed by atoms with Gasteiger partial charge < -0.3 is 9.47 Å². The van der Waals surface area contributed by atoms with Crippen LogP contribution in [0.2, 0.25) is 10.4 Å². The number of aromatic nitrogens is 5. The molecule has 0 saturated heterocycles. The molecule has 6 nitrogen and oxygen atoms in total. The van der Waals surface area contributed by atoms with E-state index in [1.807, 2.05) is 11.1 Å². The maximum Gasteiger partial charge on any atom is 0.245 e. The molecule has 0 N–H and O–H groups in total. The van der Waals surface area contributed by atoms with Crippen LogP contribution in [0, 0.1) is 0 Å². The van der Waals surface area contributed by atoms with Crippen molar-refractivity contribution in [3.8, 4) is 0 Å². The largest absolute Gasteiger partial charge is 0.345 e. The summed E-state index contributed by atoms with van der Waals surface area (Å²) in [6.45, 7) is 2.27. The van der Waals surface area contributed by atoms with E-state index < -0.39 is 0 Å². The van der Waals surface area contributed by atoms with Gasteiger partial charge in [-0.05, 0) is 11.6 Å². The van der Waals surface area contributed by atoms with Crippen LogP contribution in [0.5, 0.6) is 0 Å². The molecule has 17 heavy (non-hydrogen) atoms. The molecule has 8 heteroatoms. The molecule has 0 aliphatic carbocycles. The van der Waals surface area contributed by atoms with Crippen molar-refractivity contribution in [2.75, 3.05) is 11.4 Å². The zero-order chi connectivity index (χ0) is 11.8. The average molecular weight is 271 g/mol. The number of anilines is 1. The number of rotatable bonds is 1. The summed E-state index contributed by atoms with van der Waals surface area (Å²) in [6.07, 6.45) is 3.74. The van der Waals surface area contributed by atoms with E-state index in [-0.39, 0.29) is 10.4 Å². The Morgan fingerprint density at radius 2 is 2.06 bits per heavy atom. The van der Waals surface area contributed by atoms with E-state index in [0.717, 1.165) is 18.9 Å². The zero-order valence-corrected chi connectivity index (χ0v) is 10.2. The molecule has 0 radical (unpaired) electrons. The number of fused-ring (bicyclic) bond motifs is 1. The third kappa shape index (κ3) is 1.94. The molecule has 0 unspecified atom stereocenters. The van der Waals surface area contributed by atoms with Crippen LogP contribution in [-0.2, 0) is 13.1 Å². The van der Waals surface area contributed by atoms with Crippen molar-refractivity contribution in [1.82, 2.24) is 24.7 Å². The van der Waals surface area contributed by atoms with Gasteiger partial charge in [-0.25, -0.2) is 4.98 Å². The quantitative estimate of drug-likeness (QED) is 0.784. The molecule has 1 aliphatic heterocycles. The third-order valence-corrected chi connectivity index (χ3v) is 3.05. The summed E-state index contributed by atoms with van der Waals surface area (Å²) in [5, 5.41) is 7.70. The summed E-state index contributed by atoms with van der Waals surface area (Å²) in [7, 11) is 0. The average Bonchev–Trinajstić information content (AvgIpc) is 2.79. The van der Waals surface area contributed by atoms with Gasteiger partial charge in [0.15, 0.2) is 11.0 Å². The maximum absolute atomic E-state index is 5.97. The predicted molar refractivity (Wildman–Crippen MR) is 63.1 cm³/mol. The molecule has 2 aromatic rings. The lowest BCUT2D eigenvalue weighted by atomic mass is 10.3. The van der Waals surface area contributed by atoms with E-state index >= 15 is 0 Å². The highest BCUT2D eigenvalue weighted by Crippen LogP contribution is 2.24. The van der Waals surface area contributed by atoms with Crippen LogP contribution in [-0.4, -0.2) is 31.3 Å². The van der Waals surface area contributed by atoms with Crippen molar-refractivity contribution in [3.63, 3.8) is 0 Å². The molecule has 0 aromatic carbocycles. The van der Waals surface area contributed by atoms with Crippen molar-refractivity contribution in [3.05, 3.63) is 28.7 Å². The van der Waals surface area contributed by atoms with Gasteiger partial charge in [0.25, 0.3) is 0 Å². The van der Waals surface area contributed by atoms with E-state index in [1.54, 1.807) is 6.20 Å². The van der Waals surface area contributed by atoms with Crippen LogP contribution in [0.15, 0.2) is 12.4 Å². The summed E-state index contributed by atoms with van der Waals surface area (Å²) in [6, 6.07) is 0. The summed E-state index contributed by atoms with van der Waals surface area (Å²) in [4.78, 5) is 10.4. The molecule has 0 fully saturated rings. The molecule has 2 aromatic heterocycles. The minimum Gasteiger partial charge on any atom is -0.345 e. The van der Waals surface area contributed by atoms with Gasteiger partial charge in [-0.2, -0.15) is 4.98 Å². The molecule has 3 rings (SSSR count). The Morgan fingerprint density at radius 3 is 2.94 bits per heavy atom. The highest BCUT2D eigenvalue weighted by molar-refractivity contribution is 6.32. The molecule has 3 heterocycles. The van der Waals surface area contributed by atoms with Crippen LogP contribution < -0.4 is 4.90 Å². The summed E-state index contributed by atoms with van der Waals surface area (Å²) < 4.78 is 2.10. The Kier molecular flexibility index (Phi) is 2.60. The highest BCUT2D eigenvalue weighted by atomic mass is 35.5. The van der Waals surface area contributed by atoms with Gasteiger partial charge in [-0.3, -0.25) is 0 Å². The van der Waals surface area contributed by atoms with Crippen LogP contribution >= 0.6 is 23.2 Å². The first kappa shape index (κ1) is 10.7. The van der Waals surface area contributed by atoms with E-state index in [2.05, 4.69) is 24.7 Å². The first-order valence-corrected chi connectivity index (χ1v) is 5.80. The first-order chi connectivity index (χ1) is 8.24. The summed E-state index contributed by atoms with van der Waals surface area (Å²) in [5.41, 5.74) is 0. The normalized spacial score (nSPS) is 14.8. The van der Waals surface area contributed by atoms with Crippen LogP contribution in [0.4, 0.5) is 5.82 Å².